The SMILES string of the molecule is O=C(c1c2c(nc3ccccc13)/C(=C\c1ccc(F)cc1)CCC2)N1CCC2(C1)OCCO2. The van der Waals surface area contributed by atoms with Crippen molar-refractivity contribution in [1.29, 1.82) is 0 Å². The summed E-state index contributed by atoms with van der Waals surface area (Å²) in [7, 11) is 0. The predicted molar refractivity (Wildman–Crippen MR) is 124 cm³/mol. The van der Waals surface area contributed by atoms with Crippen molar-refractivity contribution in [2.24, 2.45) is 0 Å². The molecule has 168 valence electrons. The Bertz CT molecular complexity index is 1260. The number of hydrogen-bond donors (Lipinski definition) is 0. The number of carbonyl (C=O) groups is 1. The maximum atomic E-state index is 13.9. The Balaban J connectivity index is 1.46. The van der Waals surface area contributed by atoms with Gasteiger partial charge in [0.2, 0.25) is 0 Å². The highest BCUT2D eigenvalue weighted by Crippen LogP contribution is 2.38. The van der Waals surface area contributed by atoms with E-state index in [0.29, 0.717) is 32.7 Å². The third-order valence-electron chi connectivity index (χ3n) is 6.89. The summed E-state index contributed by atoms with van der Waals surface area (Å²) >= 11 is 0. The zero-order chi connectivity index (χ0) is 22.4. The first-order valence-corrected chi connectivity index (χ1v) is 11.6. The van der Waals surface area contributed by atoms with E-state index in [0.717, 1.165) is 58.1 Å². The van der Waals surface area contributed by atoms with Gasteiger partial charge in [0.05, 0.1) is 36.5 Å². The van der Waals surface area contributed by atoms with Crippen LogP contribution in [0.4, 0.5) is 4.39 Å². The van der Waals surface area contributed by atoms with Gasteiger partial charge in [-0.15, -0.1) is 0 Å². The average Bonchev–Trinajstić information content (AvgIpc) is 3.48. The summed E-state index contributed by atoms with van der Waals surface area (Å²) in [5.41, 5.74) is 5.47. The van der Waals surface area contributed by atoms with E-state index in [1.165, 1.54) is 12.1 Å². The Labute approximate surface area is 191 Å². The first-order valence-electron chi connectivity index (χ1n) is 11.6. The minimum Gasteiger partial charge on any atom is -0.346 e. The number of likely N-dealkylation sites (tertiary alicyclic amines) is 1. The molecule has 6 rings (SSSR count). The van der Waals surface area contributed by atoms with Gasteiger partial charge in [-0.1, -0.05) is 30.3 Å². The van der Waals surface area contributed by atoms with Gasteiger partial charge in [0.1, 0.15) is 5.82 Å². The van der Waals surface area contributed by atoms with E-state index in [2.05, 4.69) is 6.08 Å². The van der Waals surface area contributed by atoms with Crippen molar-refractivity contribution in [2.45, 2.75) is 31.5 Å². The van der Waals surface area contributed by atoms with Crippen LogP contribution in [-0.2, 0) is 15.9 Å². The molecular weight excluding hydrogens is 419 g/mol. The van der Waals surface area contributed by atoms with E-state index in [-0.39, 0.29) is 11.7 Å². The normalized spacial score (nSPS) is 20.6. The van der Waals surface area contributed by atoms with E-state index in [1.807, 2.05) is 29.2 Å². The van der Waals surface area contributed by atoms with Gasteiger partial charge in [-0.25, -0.2) is 9.37 Å². The van der Waals surface area contributed by atoms with Crippen LogP contribution in [0.25, 0.3) is 22.6 Å². The lowest BCUT2D eigenvalue weighted by molar-refractivity contribution is -0.143. The molecule has 2 aliphatic heterocycles. The molecule has 6 heteroatoms. The van der Waals surface area contributed by atoms with E-state index in [4.69, 9.17) is 14.5 Å². The van der Waals surface area contributed by atoms with Crippen molar-refractivity contribution in [3.8, 4) is 0 Å². The molecule has 33 heavy (non-hydrogen) atoms. The van der Waals surface area contributed by atoms with Crippen LogP contribution in [0.2, 0.25) is 0 Å². The molecule has 5 nitrogen and oxygen atoms in total. The summed E-state index contributed by atoms with van der Waals surface area (Å²) < 4.78 is 25.1. The highest BCUT2D eigenvalue weighted by Gasteiger charge is 2.45. The van der Waals surface area contributed by atoms with Gasteiger partial charge in [-0.05, 0) is 60.2 Å². The Morgan fingerprint density at radius 2 is 1.85 bits per heavy atom. The highest BCUT2D eigenvalue weighted by atomic mass is 19.1. The standard InChI is InChI=1S/C27H25FN2O3/c28-20-10-8-18(9-11-20)16-19-4-3-6-22-24(21-5-1-2-7-23(21)29-25(19)22)26(31)30-13-12-27(17-30)32-14-15-33-27/h1-2,5,7-11,16H,3-4,6,12-15,17H2/b19-16-. The fraction of sp³-hybridized carbons (Fsp3) is 0.333. The number of nitrogens with zero attached hydrogens (tertiary/aromatic N) is 2. The first kappa shape index (κ1) is 20.5. The Kier molecular flexibility index (Phi) is 5.00. The minimum absolute atomic E-state index is 0.0175. The lowest BCUT2D eigenvalue weighted by atomic mass is 9.85. The van der Waals surface area contributed by atoms with Crippen molar-refractivity contribution >= 4 is 28.5 Å². The maximum absolute atomic E-state index is 13.9. The summed E-state index contributed by atoms with van der Waals surface area (Å²) in [6, 6.07) is 14.3. The van der Waals surface area contributed by atoms with Crippen LogP contribution in [0.15, 0.2) is 48.5 Å². The fourth-order valence-corrected chi connectivity index (χ4v) is 5.30. The molecule has 3 aliphatic rings. The number of fused-ring (bicyclic) bond motifs is 2. The summed E-state index contributed by atoms with van der Waals surface area (Å²) in [6.07, 6.45) is 5.38. The highest BCUT2D eigenvalue weighted by molar-refractivity contribution is 6.09. The van der Waals surface area contributed by atoms with Gasteiger partial charge in [-0.2, -0.15) is 0 Å². The molecule has 2 fully saturated rings. The Morgan fingerprint density at radius 1 is 1.06 bits per heavy atom. The van der Waals surface area contributed by atoms with Crippen molar-refractivity contribution in [3.05, 3.63) is 76.7 Å². The van der Waals surface area contributed by atoms with Gasteiger partial charge in [0, 0.05) is 18.4 Å². The van der Waals surface area contributed by atoms with Crippen molar-refractivity contribution < 1.29 is 18.7 Å². The molecule has 0 N–H and O–H groups in total. The van der Waals surface area contributed by atoms with Crippen LogP contribution in [0.3, 0.4) is 0 Å². The van der Waals surface area contributed by atoms with Gasteiger partial charge < -0.3 is 14.4 Å². The number of aromatic nitrogens is 1. The van der Waals surface area contributed by atoms with Crippen LogP contribution < -0.4 is 0 Å². The van der Waals surface area contributed by atoms with Crippen LogP contribution in [0.5, 0.6) is 0 Å². The Hall–Kier alpha value is -3.09. The van der Waals surface area contributed by atoms with E-state index in [1.54, 1.807) is 12.1 Å². The molecule has 1 spiro atoms. The zero-order valence-electron chi connectivity index (χ0n) is 18.4. The van der Waals surface area contributed by atoms with Gasteiger partial charge in [-0.3, -0.25) is 4.79 Å². The second-order valence-corrected chi connectivity index (χ2v) is 8.99. The molecule has 2 aromatic carbocycles. The molecule has 0 unspecified atom stereocenters. The molecule has 1 aliphatic carbocycles. The number of pyridine rings is 1. The maximum Gasteiger partial charge on any atom is 0.255 e. The van der Waals surface area contributed by atoms with Crippen LogP contribution in [0.1, 0.15) is 46.4 Å². The molecular formula is C27H25FN2O3. The summed E-state index contributed by atoms with van der Waals surface area (Å²) in [5, 5.41) is 0.887. The molecule has 0 saturated carbocycles. The topological polar surface area (TPSA) is 51.7 Å². The van der Waals surface area contributed by atoms with Gasteiger partial charge >= 0.3 is 0 Å². The van der Waals surface area contributed by atoms with E-state index in [9.17, 15) is 9.18 Å². The number of rotatable bonds is 2. The lowest BCUT2D eigenvalue weighted by Crippen LogP contribution is -2.37. The summed E-state index contributed by atoms with van der Waals surface area (Å²) in [4.78, 5) is 20.8. The third kappa shape index (κ3) is 3.63. The quantitative estimate of drug-likeness (QED) is 0.568. The number of benzene rings is 2. The van der Waals surface area contributed by atoms with Crippen molar-refractivity contribution in [1.82, 2.24) is 9.88 Å². The molecule has 1 amide bonds. The van der Waals surface area contributed by atoms with E-state index >= 15 is 0 Å². The largest absolute Gasteiger partial charge is 0.346 e. The number of halogens is 1. The van der Waals surface area contributed by atoms with Crippen molar-refractivity contribution in [2.75, 3.05) is 26.3 Å². The zero-order valence-corrected chi connectivity index (χ0v) is 18.4. The monoisotopic (exact) mass is 444 g/mol. The molecule has 3 heterocycles. The lowest BCUT2D eigenvalue weighted by Gasteiger charge is -2.26. The average molecular weight is 445 g/mol. The molecule has 3 aromatic rings. The number of carbonyl (C=O) groups excluding carboxylic acids is 1. The molecule has 0 bridgehead atoms. The minimum atomic E-state index is -0.647. The Morgan fingerprint density at radius 3 is 2.67 bits per heavy atom. The molecule has 1 aromatic heterocycles. The van der Waals surface area contributed by atoms with E-state index < -0.39 is 5.79 Å². The smallest absolute Gasteiger partial charge is 0.255 e. The summed E-state index contributed by atoms with van der Waals surface area (Å²) in [6.45, 7) is 2.22. The summed E-state index contributed by atoms with van der Waals surface area (Å²) in [5.74, 6) is -0.882. The van der Waals surface area contributed by atoms with Crippen LogP contribution in [0, 0.1) is 5.82 Å². The van der Waals surface area contributed by atoms with Crippen molar-refractivity contribution in [3.63, 3.8) is 0 Å². The second kappa shape index (κ2) is 8.04. The second-order valence-electron chi connectivity index (χ2n) is 8.99. The predicted octanol–water partition coefficient (Wildman–Crippen LogP) is 4.84. The first-order chi connectivity index (χ1) is 16.1. The fourth-order valence-electron chi connectivity index (χ4n) is 5.30. The number of hydrogen-bond acceptors (Lipinski definition) is 4. The number of allylic oxidation sites excluding steroid dienone is 1. The number of ether oxygens (including phenoxy) is 2. The molecule has 2 saturated heterocycles. The number of para-hydroxylation sites is 1. The number of amides is 1. The van der Waals surface area contributed by atoms with Gasteiger partial charge in [0.25, 0.3) is 5.91 Å². The third-order valence-corrected chi connectivity index (χ3v) is 6.89. The van der Waals surface area contributed by atoms with Gasteiger partial charge in [0.15, 0.2) is 5.79 Å². The van der Waals surface area contributed by atoms with Crippen LogP contribution >= 0.6 is 0 Å². The van der Waals surface area contributed by atoms with Crippen LogP contribution in [-0.4, -0.2) is 47.9 Å². The molecule has 0 atom stereocenters. The molecule has 0 radical (unpaired) electrons.